The molecule has 1 aliphatic carbocycles. The lowest BCUT2D eigenvalue weighted by Crippen LogP contribution is -2.54. The van der Waals surface area contributed by atoms with Crippen LogP contribution in [0.4, 0.5) is 9.59 Å². The van der Waals surface area contributed by atoms with Crippen LogP contribution in [0.1, 0.15) is 71.4 Å². The summed E-state index contributed by atoms with van der Waals surface area (Å²) >= 11 is 0. The molecule has 46 heavy (non-hydrogen) atoms. The number of hydrogen-bond acceptors (Lipinski definition) is 8. The summed E-state index contributed by atoms with van der Waals surface area (Å²) in [5, 5.41) is 3.09. The summed E-state index contributed by atoms with van der Waals surface area (Å²) in [7, 11) is 0. The number of likely N-dealkylation sites (tertiary alicyclic amines) is 1. The van der Waals surface area contributed by atoms with Crippen molar-refractivity contribution in [2.24, 2.45) is 5.41 Å². The van der Waals surface area contributed by atoms with Crippen molar-refractivity contribution >= 4 is 30.0 Å². The van der Waals surface area contributed by atoms with E-state index in [1.54, 1.807) is 32.9 Å². The van der Waals surface area contributed by atoms with Crippen LogP contribution >= 0.6 is 0 Å². The highest BCUT2D eigenvalue weighted by Crippen LogP contribution is 2.44. The van der Waals surface area contributed by atoms with Crippen LogP contribution in [0.5, 0.6) is 0 Å². The third-order valence-electron chi connectivity index (χ3n) is 8.65. The Hall–Kier alpha value is -5.19. The molecule has 2 aliphatic heterocycles. The Morgan fingerprint density at radius 2 is 1.30 bits per heavy atom. The van der Waals surface area contributed by atoms with E-state index in [0.29, 0.717) is 5.06 Å². The molecule has 11 nitrogen and oxygen atoms in total. The topological polar surface area (TPSA) is 132 Å². The number of amides is 4. The largest absolute Gasteiger partial charge is 0.448 e. The number of benzene rings is 3. The third-order valence-corrected chi connectivity index (χ3v) is 8.65. The van der Waals surface area contributed by atoms with E-state index in [0.717, 1.165) is 22.3 Å². The van der Waals surface area contributed by atoms with Gasteiger partial charge in [-0.3, -0.25) is 9.59 Å². The Kier molecular flexibility index (Phi) is 8.01. The smallest absolute Gasteiger partial charge is 0.409 e. The van der Waals surface area contributed by atoms with Gasteiger partial charge in [-0.05, 0) is 68.0 Å². The van der Waals surface area contributed by atoms with Gasteiger partial charge in [0.15, 0.2) is 0 Å². The van der Waals surface area contributed by atoms with Gasteiger partial charge >= 0.3 is 18.2 Å². The standard InChI is InChI=1S/C35H35N3O8/c1-34(2,3)45-32(42)36-21-35(31(41)46-38-29(39)26-14-8-9-15-27(26)30(38)40)16-18-37(19-17-35)33(43)44-20-28-24-12-6-4-10-22(24)23-11-5-7-13-25(23)28/h4-15,28H,16-21H2,1-3H3,(H,36,42). The van der Waals surface area contributed by atoms with E-state index >= 15 is 0 Å². The van der Waals surface area contributed by atoms with Crippen molar-refractivity contribution < 1.29 is 38.3 Å². The summed E-state index contributed by atoms with van der Waals surface area (Å²) in [5.74, 6) is -2.47. The predicted molar refractivity (Wildman–Crippen MR) is 166 cm³/mol. The molecule has 4 amide bonds. The van der Waals surface area contributed by atoms with Crippen LogP contribution in [0.3, 0.4) is 0 Å². The number of nitrogens with zero attached hydrogens (tertiary/aromatic N) is 2. The Balaban J connectivity index is 1.13. The first-order valence-electron chi connectivity index (χ1n) is 15.2. The molecule has 6 rings (SSSR count). The molecule has 1 fully saturated rings. The van der Waals surface area contributed by atoms with Crippen LogP contribution < -0.4 is 5.32 Å². The molecule has 0 spiro atoms. The Morgan fingerprint density at radius 3 is 1.83 bits per heavy atom. The van der Waals surface area contributed by atoms with Gasteiger partial charge in [-0.25, -0.2) is 14.4 Å². The maximum Gasteiger partial charge on any atom is 0.409 e. The minimum atomic E-state index is -1.35. The summed E-state index contributed by atoms with van der Waals surface area (Å²) in [6.07, 6.45) is -1.10. The molecule has 0 unspecified atom stereocenters. The number of ether oxygens (including phenoxy) is 2. The number of imide groups is 1. The number of hydroxylamine groups is 2. The number of carbonyl (C=O) groups excluding carboxylic acids is 5. The maximum absolute atomic E-state index is 13.7. The van der Waals surface area contributed by atoms with E-state index in [2.05, 4.69) is 17.4 Å². The molecule has 0 aromatic heterocycles. The van der Waals surface area contributed by atoms with Crippen molar-refractivity contribution in [2.45, 2.75) is 45.1 Å². The maximum atomic E-state index is 13.7. The van der Waals surface area contributed by atoms with Crippen molar-refractivity contribution in [3.8, 4) is 11.1 Å². The minimum Gasteiger partial charge on any atom is -0.448 e. The third kappa shape index (κ3) is 5.80. The lowest BCUT2D eigenvalue weighted by atomic mass is 9.78. The molecule has 1 N–H and O–H groups in total. The van der Waals surface area contributed by atoms with Crippen LogP contribution in [-0.2, 0) is 19.1 Å². The van der Waals surface area contributed by atoms with Crippen LogP contribution in [-0.4, -0.2) is 71.8 Å². The van der Waals surface area contributed by atoms with Crippen LogP contribution in [0, 0.1) is 5.41 Å². The van der Waals surface area contributed by atoms with Gasteiger partial charge in [0.05, 0.1) is 16.5 Å². The molecule has 11 heteroatoms. The fourth-order valence-corrected chi connectivity index (χ4v) is 6.24. The molecule has 3 aromatic carbocycles. The zero-order chi connectivity index (χ0) is 32.6. The zero-order valence-electron chi connectivity index (χ0n) is 25.9. The van der Waals surface area contributed by atoms with Gasteiger partial charge in [-0.15, -0.1) is 0 Å². The minimum absolute atomic E-state index is 0.0784. The average Bonchev–Trinajstić information content (AvgIpc) is 3.49. The number of fused-ring (bicyclic) bond motifs is 4. The SMILES string of the molecule is CC(C)(C)OC(=O)NCC1(C(=O)ON2C(=O)c3ccccc3C2=O)CCN(C(=O)OCC2c3ccccc3-c3ccccc32)CC1. The predicted octanol–water partition coefficient (Wildman–Crippen LogP) is 5.30. The molecular weight excluding hydrogens is 590 g/mol. The Bertz CT molecular complexity index is 1640. The molecule has 3 aliphatic rings. The molecule has 1 saturated heterocycles. The number of hydrogen-bond donors (Lipinski definition) is 1. The summed E-state index contributed by atoms with van der Waals surface area (Å²) in [6, 6.07) is 22.3. The second-order valence-electron chi connectivity index (χ2n) is 12.8. The zero-order valence-corrected chi connectivity index (χ0v) is 25.9. The second-order valence-corrected chi connectivity index (χ2v) is 12.8. The summed E-state index contributed by atoms with van der Waals surface area (Å²) < 4.78 is 11.2. The monoisotopic (exact) mass is 625 g/mol. The van der Waals surface area contributed by atoms with Crippen molar-refractivity contribution in [1.82, 2.24) is 15.3 Å². The highest BCUT2D eigenvalue weighted by molar-refractivity contribution is 6.21. The van der Waals surface area contributed by atoms with Gasteiger partial charge in [0.25, 0.3) is 11.8 Å². The molecule has 238 valence electrons. The van der Waals surface area contributed by atoms with Crippen LogP contribution in [0.15, 0.2) is 72.8 Å². The summed E-state index contributed by atoms with van der Waals surface area (Å²) in [4.78, 5) is 72.3. The Labute approximate surface area is 266 Å². The number of nitrogens with one attached hydrogen (secondary N) is 1. The molecule has 2 heterocycles. The lowest BCUT2D eigenvalue weighted by molar-refractivity contribution is -0.183. The number of alkyl carbamates (subject to hydrolysis) is 1. The normalized spacial score (nSPS) is 16.8. The average molecular weight is 626 g/mol. The van der Waals surface area contributed by atoms with Crippen molar-refractivity contribution in [3.63, 3.8) is 0 Å². The fraction of sp³-hybridized carbons (Fsp3) is 0.343. The molecule has 3 aromatic rings. The Morgan fingerprint density at radius 1 is 0.804 bits per heavy atom. The summed E-state index contributed by atoms with van der Waals surface area (Å²) in [6.45, 7) is 5.33. The highest BCUT2D eigenvalue weighted by atomic mass is 16.7. The van der Waals surface area contributed by atoms with Crippen LogP contribution in [0.25, 0.3) is 11.1 Å². The quantitative estimate of drug-likeness (QED) is 0.366. The fourth-order valence-electron chi connectivity index (χ4n) is 6.24. The first kappa shape index (κ1) is 30.8. The van der Waals surface area contributed by atoms with Crippen molar-refractivity contribution in [1.29, 1.82) is 0 Å². The first-order chi connectivity index (χ1) is 22.0. The second kappa shape index (κ2) is 12.0. The molecule has 0 atom stereocenters. The van der Waals surface area contributed by atoms with E-state index in [4.69, 9.17) is 14.3 Å². The van der Waals surface area contributed by atoms with Crippen molar-refractivity contribution in [3.05, 3.63) is 95.1 Å². The van der Waals surface area contributed by atoms with E-state index in [9.17, 15) is 24.0 Å². The van der Waals surface area contributed by atoms with Gasteiger partial charge in [0, 0.05) is 25.6 Å². The van der Waals surface area contributed by atoms with E-state index in [1.807, 2.05) is 36.4 Å². The molecule has 0 bridgehead atoms. The molecule has 0 radical (unpaired) electrons. The molecular formula is C35H35N3O8. The van der Waals surface area contributed by atoms with E-state index in [-0.39, 0.29) is 56.1 Å². The van der Waals surface area contributed by atoms with Gasteiger partial charge in [0.2, 0.25) is 0 Å². The first-order valence-corrected chi connectivity index (χ1v) is 15.2. The van der Waals surface area contributed by atoms with E-state index in [1.165, 1.54) is 17.0 Å². The van der Waals surface area contributed by atoms with E-state index < -0.39 is 41.0 Å². The van der Waals surface area contributed by atoms with Gasteiger partial charge in [-0.2, -0.15) is 0 Å². The number of piperidine rings is 1. The number of rotatable bonds is 6. The van der Waals surface area contributed by atoms with Gasteiger partial charge in [0.1, 0.15) is 12.2 Å². The lowest BCUT2D eigenvalue weighted by Gasteiger charge is -2.39. The summed E-state index contributed by atoms with van der Waals surface area (Å²) in [5.41, 5.74) is 2.57. The van der Waals surface area contributed by atoms with Crippen molar-refractivity contribution in [2.75, 3.05) is 26.2 Å². The molecule has 0 saturated carbocycles. The van der Waals surface area contributed by atoms with Gasteiger partial charge in [-0.1, -0.05) is 65.7 Å². The number of carbonyl (C=O) groups is 5. The van der Waals surface area contributed by atoms with Gasteiger partial charge < -0.3 is 24.5 Å². The van der Waals surface area contributed by atoms with Crippen LogP contribution in [0.2, 0.25) is 0 Å². The highest BCUT2D eigenvalue weighted by Gasteiger charge is 2.48.